The Morgan fingerprint density at radius 2 is 2.05 bits per heavy atom. The van der Waals surface area contributed by atoms with Crippen molar-refractivity contribution in [1.82, 2.24) is 4.57 Å². The van der Waals surface area contributed by atoms with E-state index in [9.17, 15) is 9.59 Å². The van der Waals surface area contributed by atoms with E-state index in [0.29, 0.717) is 17.1 Å². The molecule has 22 heavy (non-hydrogen) atoms. The number of carbonyl (C=O) groups is 1. The molecule has 0 atom stereocenters. The summed E-state index contributed by atoms with van der Waals surface area (Å²) in [6, 6.07) is 9.29. The first-order valence-corrected chi connectivity index (χ1v) is 6.72. The Labute approximate surface area is 126 Å². The number of rotatable bonds is 1. The van der Waals surface area contributed by atoms with Gasteiger partial charge >= 0.3 is 5.97 Å². The molecular formula is C16H14N2O4. The zero-order chi connectivity index (χ0) is 15.9. The topological polar surface area (TPSA) is 80.9 Å². The summed E-state index contributed by atoms with van der Waals surface area (Å²) in [7, 11) is 0. The van der Waals surface area contributed by atoms with Crippen molar-refractivity contribution in [1.29, 1.82) is 0 Å². The molecule has 1 aromatic heterocycles. The molecule has 0 saturated heterocycles. The van der Waals surface area contributed by atoms with Crippen molar-refractivity contribution >= 4 is 11.8 Å². The van der Waals surface area contributed by atoms with E-state index in [1.807, 2.05) is 0 Å². The lowest BCUT2D eigenvalue weighted by molar-refractivity contribution is 0.0696. The third-order valence-corrected chi connectivity index (χ3v) is 3.25. The molecule has 0 unspecified atom stereocenters. The molecule has 0 saturated carbocycles. The molecule has 0 spiro atoms. The number of fused-ring (bicyclic) bond motifs is 1. The Kier molecular flexibility index (Phi) is 3.09. The van der Waals surface area contributed by atoms with Crippen LogP contribution in [0.15, 0.2) is 52.4 Å². The van der Waals surface area contributed by atoms with Crippen molar-refractivity contribution in [2.45, 2.75) is 19.6 Å². The fraction of sp³-hybridized carbons (Fsp3) is 0.188. The number of aromatic carboxylic acids is 1. The summed E-state index contributed by atoms with van der Waals surface area (Å²) >= 11 is 0. The third kappa shape index (κ3) is 2.39. The van der Waals surface area contributed by atoms with Gasteiger partial charge < -0.3 is 9.84 Å². The van der Waals surface area contributed by atoms with Gasteiger partial charge in [-0.3, -0.25) is 9.36 Å². The van der Waals surface area contributed by atoms with Crippen LogP contribution < -0.4 is 10.3 Å². The quantitative estimate of drug-likeness (QED) is 0.872. The Hall–Kier alpha value is -2.89. The second-order valence-corrected chi connectivity index (χ2v) is 5.41. The maximum absolute atomic E-state index is 12.1. The highest BCUT2D eigenvalue weighted by Gasteiger charge is 2.29. The van der Waals surface area contributed by atoms with Crippen molar-refractivity contribution < 1.29 is 14.6 Å². The van der Waals surface area contributed by atoms with Crippen LogP contribution in [0.4, 0.5) is 0 Å². The van der Waals surface area contributed by atoms with E-state index in [4.69, 9.17) is 9.84 Å². The average molecular weight is 298 g/mol. The Morgan fingerprint density at radius 3 is 2.73 bits per heavy atom. The van der Waals surface area contributed by atoms with Gasteiger partial charge in [-0.25, -0.2) is 9.79 Å². The molecule has 0 amide bonds. The minimum absolute atomic E-state index is 0.110. The summed E-state index contributed by atoms with van der Waals surface area (Å²) in [6.45, 7) is 3.55. The molecule has 0 aliphatic carbocycles. The summed E-state index contributed by atoms with van der Waals surface area (Å²) in [5.41, 5.74) is -0.501. The highest BCUT2D eigenvalue weighted by atomic mass is 16.5. The highest BCUT2D eigenvalue weighted by molar-refractivity contribution is 6.05. The van der Waals surface area contributed by atoms with Crippen LogP contribution in [0.5, 0.6) is 5.75 Å². The van der Waals surface area contributed by atoms with Crippen LogP contribution in [0.1, 0.15) is 29.8 Å². The second kappa shape index (κ2) is 4.84. The molecule has 1 aliphatic rings. The van der Waals surface area contributed by atoms with Crippen molar-refractivity contribution in [3.05, 3.63) is 64.1 Å². The third-order valence-electron chi connectivity index (χ3n) is 3.25. The summed E-state index contributed by atoms with van der Waals surface area (Å²) in [4.78, 5) is 27.7. The second-order valence-electron chi connectivity index (χ2n) is 5.41. The molecule has 1 aromatic carbocycles. The van der Waals surface area contributed by atoms with E-state index < -0.39 is 11.7 Å². The van der Waals surface area contributed by atoms with E-state index in [1.54, 1.807) is 38.2 Å². The van der Waals surface area contributed by atoms with Crippen molar-refractivity contribution in [3.63, 3.8) is 0 Å². The van der Waals surface area contributed by atoms with Crippen LogP contribution in [-0.4, -0.2) is 27.2 Å². The van der Waals surface area contributed by atoms with Crippen LogP contribution in [-0.2, 0) is 0 Å². The standard InChI is InChI=1S/C16H14N2O4/c1-16(2)17-14(18-8-4-3-5-13(18)19)11-9-10(15(20)21)6-7-12(11)22-16/h3-9H,1-2H3,(H,20,21). The molecule has 1 N–H and O–H groups in total. The maximum atomic E-state index is 12.1. The van der Waals surface area contributed by atoms with E-state index in [0.717, 1.165) is 0 Å². The first-order valence-electron chi connectivity index (χ1n) is 6.72. The molecule has 1 aliphatic heterocycles. The molecule has 2 heterocycles. The highest BCUT2D eigenvalue weighted by Crippen LogP contribution is 2.31. The van der Waals surface area contributed by atoms with Crippen LogP contribution in [0.25, 0.3) is 0 Å². The van der Waals surface area contributed by atoms with E-state index >= 15 is 0 Å². The number of nitrogens with zero attached hydrogens (tertiary/aromatic N) is 2. The Morgan fingerprint density at radius 1 is 1.27 bits per heavy atom. The number of carboxylic acids is 1. The largest absolute Gasteiger partial charge is 0.478 e. The predicted octanol–water partition coefficient (Wildman–Crippen LogP) is 1.97. The molecule has 0 radical (unpaired) electrons. The smallest absolute Gasteiger partial charge is 0.335 e. The van der Waals surface area contributed by atoms with Gasteiger partial charge in [-0.05, 0) is 38.1 Å². The lowest BCUT2D eigenvalue weighted by atomic mass is 10.1. The number of aromatic nitrogens is 1. The van der Waals surface area contributed by atoms with Crippen LogP contribution in [0.3, 0.4) is 0 Å². The molecule has 0 bridgehead atoms. The minimum Gasteiger partial charge on any atom is -0.478 e. The summed E-state index contributed by atoms with van der Waals surface area (Å²) < 4.78 is 7.13. The van der Waals surface area contributed by atoms with Gasteiger partial charge in [0, 0.05) is 12.3 Å². The van der Waals surface area contributed by atoms with Gasteiger partial charge in [0.15, 0.2) is 5.72 Å². The van der Waals surface area contributed by atoms with Gasteiger partial charge in [0.05, 0.1) is 11.1 Å². The normalized spacial score (nSPS) is 15.5. The van der Waals surface area contributed by atoms with Gasteiger partial charge in [-0.15, -0.1) is 0 Å². The molecule has 0 fully saturated rings. The lowest BCUT2D eigenvalue weighted by Crippen LogP contribution is -2.37. The Bertz CT molecular complexity index is 849. The maximum Gasteiger partial charge on any atom is 0.335 e. The average Bonchev–Trinajstić information content (AvgIpc) is 2.45. The van der Waals surface area contributed by atoms with Crippen LogP contribution in [0, 0.1) is 0 Å². The fourth-order valence-corrected chi connectivity index (χ4v) is 2.32. The van der Waals surface area contributed by atoms with Crippen molar-refractivity contribution in [2.24, 2.45) is 4.99 Å². The number of pyridine rings is 1. The van der Waals surface area contributed by atoms with Gasteiger partial charge in [0.25, 0.3) is 5.56 Å². The van der Waals surface area contributed by atoms with E-state index in [-0.39, 0.29) is 11.1 Å². The molecule has 6 nitrogen and oxygen atoms in total. The number of carboxylic acid groups (broad SMARTS) is 1. The SMILES string of the molecule is CC1(C)N=C(n2ccccc2=O)c2cc(C(=O)O)ccc2O1. The van der Waals surface area contributed by atoms with Gasteiger partial charge in [0.1, 0.15) is 11.6 Å². The molecular weight excluding hydrogens is 284 g/mol. The van der Waals surface area contributed by atoms with Gasteiger partial charge in [0.2, 0.25) is 0 Å². The summed E-state index contributed by atoms with van der Waals surface area (Å²) in [5.74, 6) is -0.178. The van der Waals surface area contributed by atoms with Crippen LogP contribution in [0.2, 0.25) is 0 Å². The summed E-state index contributed by atoms with van der Waals surface area (Å²) in [6.07, 6.45) is 1.60. The van der Waals surface area contributed by atoms with Gasteiger partial charge in [-0.2, -0.15) is 0 Å². The first-order chi connectivity index (χ1) is 10.4. The molecule has 3 rings (SSSR count). The minimum atomic E-state index is -1.05. The number of hydrogen-bond acceptors (Lipinski definition) is 4. The summed E-state index contributed by atoms with van der Waals surface area (Å²) in [5, 5.41) is 9.15. The monoisotopic (exact) mass is 298 g/mol. The number of aliphatic imine (C=N–C) groups is 1. The number of ether oxygens (including phenoxy) is 1. The lowest BCUT2D eigenvalue weighted by Gasteiger charge is -2.30. The fourth-order valence-electron chi connectivity index (χ4n) is 2.32. The van der Waals surface area contributed by atoms with E-state index in [2.05, 4.69) is 4.99 Å². The van der Waals surface area contributed by atoms with Crippen molar-refractivity contribution in [3.8, 4) is 5.75 Å². The Balaban J connectivity index is 2.27. The zero-order valence-electron chi connectivity index (χ0n) is 12.1. The molecule has 112 valence electrons. The zero-order valence-corrected chi connectivity index (χ0v) is 12.1. The van der Waals surface area contributed by atoms with E-state index in [1.165, 1.54) is 22.8 Å². The molecule has 2 aromatic rings. The first kappa shape index (κ1) is 14.1. The van der Waals surface area contributed by atoms with Gasteiger partial charge in [-0.1, -0.05) is 6.07 Å². The van der Waals surface area contributed by atoms with Crippen LogP contribution >= 0.6 is 0 Å². The number of hydrogen-bond donors (Lipinski definition) is 1. The molecule has 6 heteroatoms. The predicted molar refractivity (Wildman–Crippen MR) is 80.7 cm³/mol. The number of benzene rings is 1. The van der Waals surface area contributed by atoms with Crippen molar-refractivity contribution in [2.75, 3.05) is 0 Å².